The van der Waals surface area contributed by atoms with Crippen LogP contribution in [-0.2, 0) is 10.0 Å². The van der Waals surface area contributed by atoms with Gasteiger partial charge in [-0.3, -0.25) is 5.10 Å². The normalized spacial score (nSPS) is 18.9. The molecule has 1 aliphatic rings. The number of nitrogens with zero attached hydrogens (tertiary/aromatic N) is 1. The number of H-pyrrole nitrogens is 1. The summed E-state index contributed by atoms with van der Waals surface area (Å²) in [6, 6.07) is 0. The predicted molar refractivity (Wildman–Crippen MR) is 64.8 cm³/mol. The number of aromatic amines is 1. The first kappa shape index (κ1) is 12.4. The Bertz CT molecular complexity index is 485. The van der Waals surface area contributed by atoms with E-state index in [9.17, 15) is 8.42 Å². The number of rotatable bonds is 5. The predicted octanol–water partition coefficient (Wildman–Crippen LogP) is 0.851. The Labute approximate surface area is 101 Å². The van der Waals surface area contributed by atoms with E-state index in [0.717, 1.165) is 19.3 Å². The van der Waals surface area contributed by atoms with E-state index in [1.54, 1.807) is 0 Å². The summed E-state index contributed by atoms with van der Waals surface area (Å²) in [4.78, 5) is 0.0306. The van der Waals surface area contributed by atoms with Crippen molar-refractivity contribution in [2.24, 2.45) is 5.41 Å². The highest BCUT2D eigenvalue weighted by Crippen LogP contribution is 2.43. The van der Waals surface area contributed by atoms with E-state index in [1.807, 2.05) is 0 Å². The molecule has 0 bridgehead atoms. The van der Waals surface area contributed by atoms with Crippen LogP contribution in [0.3, 0.4) is 0 Å². The summed E-state index contributed by atoms with van der Waals surface area (Å²) in [6.45, 7) is 2.58. The lowest BCUT2D eigenvalue weighted by atomic mass is 9.67. The maximum absolute atomic E-state index is 12.0. The average Bonchev–Trinajstić information content (AvgIpc) is 2.64. The molecule has 1 heterocycles. The second kappa shape index (κ2) is 4.30. The van der Waals surface area contributed by atoms with E-state index in [2.05, 4.69) is 21.8 Å². The molecular formula is C10H18N4O2S. The fourth-order valence-electron chi connectivity index (χ4n) is 2.16. The van der Waals surface area contributed by atoms with Gasteiger partial charge in [0.15, 0.2) is 0 Å². The monoisotopic (exact) mass is 258 g/mol. The Morgan fingerprint density at radius 2 is 2.29 bits per heavy atom. The zero-order valence-corrected chi connectivity index (χ0v) is 10.7. The van der Waals surface area contributed by atoms with Gasteiger partial charge in [-0.15, -0.1) is 0 Å². The Kier molecular flexibility index (Phi) is 3.13. The van der Waals surface area contributed by atoms with Gasteiger partial charge in [0.2, 0.25) is 10.0 Å². The maximum atomic E-state index is 12.0. The van der Waals surface area contributed by atoms with Crippen molar-refractivity contribution < 1.29 is 8.42 Å². The van der Waals surface area contributed by atoms with Crippen molar-refractivity contribution >= 4 is 15.8 Å². The summed E-state index contributed by atoms with van der Waals surface area (Å²) in [7, 11) is -3.54. The van der Waals surface area contributed by atoms with Crippen molar-refractivity contribution in [3.63, 3.8) is 0 Å². The van der Waals surface area contributed by atoms with Crippen molar-refractivity contribution in [1.82, 2.24) is 14.9 Å². The Hall–Kier alpha value is -1.08. The van der Waals surface area contributed by atoms with Gasteiger partial charge in [0.25, 0.3) is 0 Å². The molecule has 0 spiro atoms. The molecule has 0 amide bonds. The quantitative estimate of drug-likeness (QED) is 0.728. The van der Waals surface area contributed by atoms with Crippen LogP contribution in [0.25, 0.3) is 0 Å². The minimum Gasteiger partial charge on any atom is -0.383 e. The fourth-order valence-corrected chi connectivity index (χ4v) is 3.34. The lowest BCUT2D eigenvalue weighted by Gasteiger charge is -2.41. The van der Waals surface area contributed by atoms with Crippen LogP contribution in [0.4, 0.5) is 5.82 Å². The molecule has 1 aromatic heterocycles. The first-order chi connectivity index (χ1) is 7.99. The molecule has 1 saturated carbocycles. The molecule has 1 aliphatic carbocycles. The smallest absolute Gasteiger partial charge is 0.245 e. The third-order valence-electron chi connectivity index (χ3n) is 3.72. The number of nitrogens with two attached hydrogens (primary N) is 1. The van der Waals surface area contributed by atoms with Crippen LogP contribution >= 0.6 is 0 Å². The molecule has 6 nitrogen and oxygen atoms in total. The standard InChI is InChI=1S/C10H18N4O2S/c1-2-10(4-3-5-10)7-13-17(15,16)8-6-12-14-9(8)11/h6,13H,2-5,7H2,1H3,(H3,11,12,14). The number of sulfonamides is 1. The van der Waals surface area contributed by atoms with Crippen LogP contribution < -0.4 is 10.5 Å². The van der Waals surface area contributed by atoms with Gasteiger partial charge in [-0.05, 0) is 24.7 Å². The largest absolute Gasteiger partial charge is 0.383 e. The number of nitrogen functional groups attached to an aromatic ring is 1. The van der Waals surface area contributed by atoms with Gasteiger partial charge in [0.1, 0.15) is 10.7 Å². The van der Waals surface area contributed by atoms with Crippen molar-refractivity contribution in [3.05, 3.63) is 6.20 Å². The maximum Gasteiger partial charge on any atom is 0.245 e. The summed E-state index contributed by atoms with van der Waals surface area (Å²) < 4.78 is 26.6. The second-order valence-electron chi connectivity index (χ2n) is 4.68. The third kappa shape index (κ3) is 2.30. The van der Waals surface area contributed by atoms with Crippen molar-refractivity contribution in [2.75, 3.05) is 12.3 Å². The summed E-state index contributed by atoms with van der Waals surface area (Å²) in [5.41, 5.74) is 5.65. The number of nitrogens with one attached hydrogen (secondary N) is 2. The minimum absolute atomic E-state index is 0.0306. The highest BCUT2D eigenvalue weighted by molar-refractivity contribution is 7.89. The molecular weight excluding hydrogens is 240 g/mol. The summed E-state index contributed by atoms with van der Waals surface area (Å²) in [5.74, 6) is 0.0802. The minimum atomic E-state index is -3.54. The summed E-state index contributed by atoms with van der Waals surface area (Å²) >= 11 is 0. The average molecular weight is 258 g/mol. The molecule has 0 saturated heterocycles. The molecule has 0 unspecified atom stereocenters. The zero-order chi connectivity index (χ0) is 12.5. The first-order valence-corrected chi connectivity index (χ1v) is 7.26. The Morgan fingerprint density at radius 1 is 1.59 bits per heavy atom. The highest BCUT2D eigenvalue weighted by Gasteiger charge is 2.36. The van der Waals surface area contributed by atoms with Crippen LogP contribution in [0.5, 0.6) is 0 Å². The van der Waals surface area contributed by atoms with Crippen molar-refractivity contribution in [1.29, 1.82) is 0 Å². The summed E-state index contributed by atoms with van der Waals surface area (Å²) in [6.07, 6.45) is 5.59. The topological polar surface area (TPSA) is 101 Å². The lowest BCUT2D eigenvalue weighted by molar-refractivity contribution is 0.133. The second-order valence-corrected chi connectivity index (χ2v) is 6.41. The molecule has 17 heavy (non-hydrogen) atoms. The van der Waals surface area contributed by atoms with Gasteiger partial charge in [0, 0.05) is 6.54 Å². The van der Waals surface area contributed by atoms with E-state index < -0.39 is 10.0 Å². The molecule has 0 aliphatic heterocycles. The van der Waals surface area contributed by atoms with E-state index >= 15 is 0 Å². The van der Waals surface area contributed by atoms with Gasteiger partial charge in [-0.2, -0.15) is 5.10 Å². The molecule has 0 atom stereocenters. The van der Waals surface area contributed by atoms with Gasteiger partial charge < -0.3 is 5.73 Å². The SMILES string of the molecule is CCC1(CNS(=O)(=O)c2cn[nH]c2N)CCC1. The van der Waals surface area contributed by atoms with E-state index in [4.69, 9.17) is 5.73 Å². The first-order valence-electron chi connectivity index (χ1n) is 5.78. The molecule has 0 aromatic carbocycles. The van der Waals surface area contributed by atoms with Crippen molar-refractivity contribution in [3.8, 4) is 0 Å². The van der Waals surface area contributed by atoms with E-state index in [0.29, 0.717) is 6.54 Å². The molecule has 7 heteroatoms. The summed E-state index contributed by atoms with van der Waals surface area (Å²) in [5, 5.41) is 6.04. The number of hydrogen-bond acceptors (Lipinski definition) is 4. The van der Waals surface area contributed by atoms with Crippen LogP contribution in [0, 0.1) is 5.41 Å². The molecule has 1 fully saturated rings. The lowest BCUT2D eigenvalue weighted by Crippen LogP contribution is -2.41. The molecule has 96 valence electrons. The van der Waals surface area contributed by atoms with Gasteiger partial charge >= 0.3 is 0 Å². The Balaban J connectivity index is 2.06. The number of hydrogen-bond donors (Lipinski definition) is 3. The van der Waals surface area contributed by atoms with Gasteiger partial charge in [0.05, 0.1) is 6.20 Å². The van der Waals surface area contributed by atoms with Crippen LogP contribution in [0.2, 0.25) is 0 Å². The molecule has 2 rings (SSSR count). The molecule has 4 N–H and O–H groups in total. The fraction of sp³-hybridized carbons (Fsp3) is 0.700. The van der Waals surface area contributed by atoms with E-state index in [-0.39, 0.29) is 16.1 Å². The van der Waals surface area contributed by atoms with Gasteiger partial charge in [-0.1, -0.05) is 13.3 Å². The van der Waals surface area contributed by atoms with Crippen LogP contribution in [0.15, 0.2) is 11.1 Å². The number of aromatic nitrogens is 2. The van der Waals surface area contributed by atoms with E-state index in [1.165, 1.54) is 12.6 Å². The Morgan fingerprint density at radius 3 is 2.71 bits per heavy atom. The third-order valence-corrected chi connectivity index (χ3v) is 5.15. The van der Waals surface area contributed by atoms with Gasteiger partial charge in [-0.25, -0.2) is 13.1 Å². The van der Waals surface area contributed by atoms with Crippen LogP contribution in [0.1, 0.15) is 32.6 Å². The molecule has 1 aromatic rings. The van der Waals surface area contributed by atoms with Crippen molar-refractivity contribution in [2.45, 2.75) is 37.5 Å². The zero-order valence-electron chi connectivity index (χ0n) is 9.86. The molecule has 0 radical (unpaired) electrons. The van der Waals surface area contributed by atoms with Crippen LogP contribution in [-0.4, -0.2) is 25.2 Å². The highest BCUT2D eigenvalue weighted by atomic mass is 32.2. The number of anilines is 1.